The fourth-order valence-electron chi connectivity index (χ4n) is 9.21. The summed E-state index contributed by atoms with van der Waals surface area (Å²) >= 11 is 0. The molecule has 0 aliphatic heterocycles. The first kappa shape index (κ1) is 85.7. The van der Waals surface area contributed by atoms with Crippen LogP contribution in [0.3, 0.4) is 0 Å². The van der Waals surface area contributed by atoms with E-state index in [1.54, 1.807) is 0 Å². The maximum atomic E-state index is 12.9. The first-order chi connectivity index (χ1) is 43.2. The Kier molecular flexibility index (Phi) is 62.4. The number of carbonyl (C=O) groups excluding carboxylic acids is 3. The second-order valence-electron chi connectivity index (χ2n) is 23.3. The van der Waals surface area contributed by atoms with Crippen LogP contribution in [0.5, 0.6) is 0 Å². The molecule has 0 aliphatic rings. The van der Waals surface area contributed by atoms with Gasteiger partial charge in [-0.15, -0.1) is 0 Å². The molecule has 0 bridgehead atoms. The number of phosphoric acid groups is 2. The number of hydrogen-bond donors (Lipinski definition) is 4. The van der Waals surface area contributed by atoms with Crippen molar-refractivity contribution < 1.29 is 75.8 Å². The average molecular weight is 1300 g/mol. The molecule has 0 aliphatic carbocycles. The van der Waals surface area contributed by atoms with Gasteiger partial charge in [0.15, 0.2) is 6.10 Å². The van der Waals surface area contributed by atoms with Crippen LogP contribution in [-0.4, -0.2) is 95.9 Å². The molecule has 0 aromatic carbocycles. The van der Waals surface area contributed by atoms with Gasteiger partial charge in [-0.2, -0.15) is 0 Å². The number of carbonyl (C=O) groups is 3. The largest absolute Gasteiger partial charge is 0.472 e. The average Bonchev–Trinajstić information content (AvgIpc) is 3.54. The highest BCUT2D eigenvalue weighted by atomic mass is 31.2. The molecular formula is C71H126O16P2. The Morgan fingerprint density at radius 2 is 0.562 bits per heavy atom. The number of aliphatic hydroxyl groups is 2. The maximum Gasteiger partial charge on any atom is 0.472 e. The van der Waals surface area contributed by atoms with E-state index in [2.05, 4.69) is 106 Å². The fraction of sp³-hybridized carbons (Fsp3) is 0.761. The van der Waals surface area contributed by atoms with E-state index in [1.165, 1.54) is 83.5 Å². The Labute approximate surface area is 540 Å². The molecule has 0 radical (unpaired) electrons. The van der Waals surface area contributed by atoms with Crippen molar-refractivity contribution >= 4 is 33.6 Å². The molecule has 0 rings (SSSR count). The molecule has 0 aromatic heterocycles. The van der Waals surface area contributed by atoms with Crippen molar-refractivity contribution in [2.45, 2.75) is 309 Å². The zero-order chi connectivity index (χ0) is 65.3. The van der Waals surface area contributed by atoms with Gasteiger partial charge in [-0.25, -0.2) is 9.13 Å². The molecule has 0 amide bonds. The first-order valence-corrected chi connectivity index (χ1v) is 37.9. The summed E-state index contributed by atoms with van der Waals surface area (Å²) in [5, 5.41) is 20.5. The molecular weight excluding hydrogens is 1170 g/mol. The van der Waals surface area contributed by atoms with Gasteiger partial charge in [0.1, 0.15) is 25.4 Å². The van der Waals surface area contributed by atoms with Crippen molar-refractivity contribution in [2.24, 2.45) is 0 Å². The van der Waals surface area contributed by atoms with Crippen molar-refractivity contribution in [2.75, 3.05) is 39.6 Å². The Bertz CT molecular complexity index is 1970. The molecule has 0 saturated heterocycles. The fourth-order valence-corrected chi connectivity index (χ4v) is 10.8. The number of allylic oxidation sites excluding steroid dienone is 14. The molecule has 516 valence electrons. The van der Waals surface area contributed by atoms with Gasteiger partial charge in [0.05, 0.1) is 26.4 Å². The van der Waals surface area contributed by atoms with Crippen LogP contribution >= 0.6 is 15.6 Å². The van der Waals surface area contributed by atoms with Gasteiger partial charge in [0.2, 0.25) is 0 Å². The summed E-state index contributed by atoms with van der Waals surface area (Å²) in [4.78, 5) is 58.3. The quantitative estimate of drug-likeness (QED) is 0.0146. The van der Waals surface area contributed by atoms with Crippen molar-refractivity contribution in [1.82, 2.24) is 0 Å². The van der Waals surface area contributed by atoms with Crippen LogP contribution in [0.15, 0.2) is 85.1 Å². The minimum atomic E-state index is -4.92. The predicted octanol–water partition coefficient (Wildman–Crippen LogP) is 19.3. The predicted molar refractivity (Wildman–Crippen MR) is 362 cm³/mol. The van der Waals surface area contributed by atoms with Crippen LogP contribution in [0.2, 0.25) is 0 Å². The van der Waals surface area contributed by atoms with Gasteiger partial charge < -0.3 is 34.2 Å². The molecule has 5 atom stereocenters. The van der Waals surface area contributed by atoms with E-state index in [1.807, 2.05) is 0 Å². The third kappa shape index (κ3) is 66.0. The molecule has 0 aromatic rings. The lowest BCUT2D eigenvalue weighted by Gasteiger charge is -2.21. The van der Waals surface area contributed by atoms with E-state index in [0.717, 1.165) is 148 Å². The lowest BCUT2D eigenvalue weighted by atomic mass is 10.1. The topological polar surface area (TPSA) is 231 Å². The number of hydrogen-bond acceptors (Lipinski definition) is 14. The molecule has 18 heteroatoms. The summed E-state index contributed by atoms with van der Waals surface area (Å²) in [5.41, 5.74) is 0. The third-order valence-corrected chi connectivity index (χ3v) is 16.5. The highest BCUT2D eigenvalue weighted by molar-refractivity contribution is 7.47. The summed E-state index contributed by atoms with van der Waals surface area (Å²) in [6.45, 7) is 2.59. The minimum absolute atomic E-state index is 0.104. The van der Waals surface area contributed by atoms with Gasteiger partial charge in [0.25, 0.3) is 0 Å². The SMILES string of the molecule is CCCCC/C=C\C/C=C\C/C=C\C/C=C\CCCCCCCCCC(=O)OCC(O)COP(=O)(O)OCC(O)COP(=O)(O)OCC(COC(=O)CCCCCCCC/C=C\C/C=C\C/C=C\CCCCC)OC(=O)CCCCCCCCCCCCC. The van der Waals surface area contributed by atoms with Crippen LogP contribution in [0.1, 0.15) is 290 Å². The monoisotopic (exact) mass is 1300 g/mol. The Hall–Kier alpha value is -3.27. The number of unbranched alkanes of at least 4 members (excludes halogenated alkanes) is 29. The van der Waals surface area contributed by atoms with E-state index in [4.69, 9.17) is 32.3 Å². The number of aliphatic hydroxyl groups excluding tert-OH is 2. The molecule has 16 nitrogen and oxygen atoms in total. The number of esters is 3. The van der Waals surface area contributed by atoms with Crippen LogP contribution < -0.4 is 0 Å². The molecule has 89 heavy (non-hydrogen) atoms. The number of phosphoric ester groups is 2. The highest BCUT2D eigenvalue weighted by Gasteiger charge is 2.29. The van der Waals surface area contributed by atoms with Crippen LogP contribution in [0.25, 0.3) is 0 Å². The molecule has 0 saturated carbocycles. The molecule has 4 N–H and O–H groups in total. The van der Waals surface area contributed by atoms with E-state index in [9.17, 15) is 43.5 Å². The van der Waals surface area contributed by atoms with Crippen molar-refractivity contribution in [3.63, 3.8) is 0 Å². The maximum absolute atomic E-state index is 12.9. The zero-order valence-corrected chi connectivity index (χ0v) is 57.6. The molecule has 5 unspecified atom stereocenters. The van der Waals surface area contributed by atoms with Crippen molar-refractivity contribution in [1.29, 1.82) is 0 Å². The standard InChI is InChI=1S/C71H126O16P2/c1-4-7-10-13-16-19-22-24-26-28-30-31-32-33-35-37-38-40-43-45-48-51-54-57-69(74)81-60-66(72)61-83-88(77,78)84-62-67(73)63-85-89(79,80)86-65-68(87-71(76)59-56-53-50-47-42-21-18-15-12-9-6-3)64-82-70(75)58-55-52-49-46-44-41-39-36-34-29-27-25-23-20-17-14-11-8-5-2/h16-17,19-20,24-27,30-31,33-36,66-68,72-73H,4-15,18,21-23,28-29,32,37-65H2,1-3H3,(H,77,78)(H,79,80)/b19-16-,20-17-,26-24-,27-25-,31-30-,35-33-,36-34-. The number of ether oxygens (including phenoxy) is 3. The van der Waals surface area contributed by atoms with Gasteiger partial charge in [-0.1, -0.05) is 254 Å². The highest BCUT2D eigenvalue weighted by Crippen LogP contribution is 2.45. The molecule has 0 spiro atoms. The van der Waals surface area contributed by atoms with Gasteiger partial charge in [-0.05, 0) is 103 Å². The van der Waals surface area contributed by atoms with Crippen LogP contribution in [0.4, 0.5) is 0 Å². The second kappa shape index (κ2) is 64.8. The summed E-state index contributed by atoms with van der Waals surface area (Å²) in [7, 11) is -9.77. The van der Waals surface area contributed by atoms with Crippen molar-refractivity contribution in [3.05, 3.63) is 85.1 Å². The van der Waals surface area contributed by atoms with Crippen LogP contribution in [-0.2, 0) is 55.8 Å². The van der Waals surface area contributed by atoms with Crippen molar-refractivity contribution in [3.8, 4) is 0 Å². The van der Waals surface area contributed by atoms with E-state index in [0.29, 0.717) is 19.3 Å². The Morgan fingerprint density at radius 1 is 0.315 bits per heavy atom. The zero-order valence-electron chi connectivity index (χ0n) is 55.8. The summed E-state index contributed by atoms with van der Waals surface area (Å²) in [6.07, 6.45) is 69.2. The molecule has 0 fully saturated rings. The normalized spacial score (nSPS) is 14.7. The third-order valence-electron chi connectivity index (χ3n) is 14.6. The summed E-state index contributed by atoms with van der Waals surface area (Å²) in [6, 6.07) is 0. The summed E-state index contributed by atoms with van der Waals surface area (Å²) < 4.78 is 60.8. The minimum Gasteiger partial charge on any atom is -0.463 e. The lowest BCUT2D eigenvalue weighted by molar-refractivity contribution is -0.161. The van der Waals surface area contributed by atoms with E-state index >= 15 is 0 Å². The molecule has 0 heterocycles. The second-order valence-corrected chi connectivity index (χ2v) is 26.2. The summed E-state index contributed by atoms with van der Waals surface area (Å²) in [5.74, 6) is -1.59. The Morgan fingerprint density at radius 3 is 0.910 bits per heavy atom. The van der Waals surface area contributed by atoms with Gasteiger partial charge >= 0.3 is 33.6 Å². The number of rotatable bonds is 66. The van der Waals surface area contributed by atoms with Gasteiger partial charge in [-0.3, -0.25) is 32.5 Å². The van der Waals surface area contributed by atoms with E-state index in [-0.39, 0.29) is 19.3 Å². The Balaban J connectivity index is 4.56. The van der Waals surface area contributed by atoms with E-state index < -0.39 is 91.5 Å². The smallest absolute Gasteiger partial charge is 0.463 e. The van der Waals surface area contributed by atoms with Gasteiger partial charge in [0, 0.05) is 19.3 Å². The van der Waals surface area contributed by atoms with Crippen LogP contribution in [0, 0.1) is 0 Å². The first-order valence-electron chi connectivity index (χ1n) is 34.9. The lowest BCUT2D eigenvalue weighted by Crippen LogP contribution is -2.30.